The first-order valence-corrected chi connectivity index (χ1v) is 13.2. The highest BCUT2D eigenvalue weighted by molar-refractivity contribution is 7.95. The zero-order valence-corrected chi connectivity index (χ0v) is 19.5. The number of aliphatic hydroxyl groups is 1. The monoisotopic (exact) mass is 440 g/mol. The van der Waals surface area contributed by atoms with E-state index in [-0.39, 0.29) is 6.61 Å². The summed E-state index contributed by atoms with van der Waals surface area (Å²) >= 11 is 0. The number of benzene rings is 4. The number of hydrogen-bond donors (Lipinski definition) is 1. The molecule has 32 heavy (non-hydrogen) atoms. The van der Waals surface area contributed by atoms with Gasteiger partial charge < -0.3 is 10.0 Å². The molecule has 0 saturated carbocycles. The molecule has 0 fully saturated rings. The molecule has 4 aromatic rings. The fourth-order valence-electron chi connectivity index (χ4n) is 4.45. The Morgan fingerprint density at radius 1 is 0.625 bits per heavy atom. The third kappa shape index (κ3) is 4.63. The second kappa shape index (κ2) is 10.6. The molecule has 2 nitrogen and oxygen atoms in total. The van der Waals surface area contributed by atoms with E-state index in [1.54, 1.807) is 0 Å². The molecule has 0 radical (unpaired) electrons. The second-order valence-electron chi connectivity index (χ2n) is 7.94. The van der Waals surface area contributed by atoms with Crippen molar-refractivity contribution < 1.29 is 5.11 Å². The van der Waals surface area contributed by atoms with Crippen molar-refractivity contribution in [3.63, 3.8) is 0 Å². The zero-order valence-electron chi connectivity index (χ0n) is 18.6. The van der Waals surface area contributed by atoms with E-state index in [4.69, 9.17) is 0 Å². The minimum Gasteiger partial charge on any atom is -0.395 e. The van der Waals surface area contributed by atoms with Gasteiger partial charge in [-0.2, -0.15) is 0 Å². The van der Waals surface area contributed by atoms with Gasteiger partial charge in [0.25, 0.3) is 0 Å². The summed E-state index contributed by atoms with van der Waals surface area (Å²) in [5.41, 5.74) is 2.49. The van der Waals surface area contributed by atoms with Gasteiger partial charge in [0.05, 0.1) is 12.8 Å². The van der Waals surface area contributed by atoms with E-state index in [2.05, 4.69) is 127 Å². The lowest BCUT2D eigenvalue weighted by atomic mass is 10.2. The predicted octanol–water partition coefficient (Wildman–Crippen LogP) is 5.00. The Kier molecular flexibility index (Phi) is 7.37. The summed E-state index contributed by atoms with van der Waals surface area (Å²) in [6.07, 6.45) is 0.970. The highest BCUT2D eigenvalue weighted by atomic mass is 31.2. The van der Waals surface area contributed by atoms with Crippen LogP contribution in [-0.4, -0.2) is 24.8 Å². The molecule has 3 heteroatoms. The summed E-state index contributed by atoms with van der Waals surface area (Å²) < 4.78 is 0. The van der Waals surface area contributed by atoms with E-state index in [0.717, 1.165) is 18.4 Å². The molecule has 0 unspecified atom stereocenters. The van der Waals surface area contributed by atoms with Gasteiger partial charge in [-0.1, -0.05) is 66.7 Å². The third-order valence-corrected chi connectivity index (χ3v) is 10.4. The molecule has 0 aliphatic carbocycles. The van der Waals surface area contributed by atoms with Crippen LogP contribution < -0.4 is 20.8 Å². The summed E-state index contributed by atoms with van der Waals surface area (Å²) in [6.45, 7) is 3.83. The van der Waals surface area contributed by atoms with Crippen LogP contribution in [0.3, 0.4) is 0 Å². The largest absolute Gasteiger partial charge is 0.395 e. The summed E-state index contributed by atoms with van der Waals surface area (Å²) in [4.78, 5) is 2.21. The van der Waals surface area contributed by atoms with Crippen molar-refractivity contribution in [1.29, 1.82) is 0 Å². The predicted molar refractivity (Wildman–Crippen MR) is 140 cm³/mol. The average molecular weight is 441 g/mol. The van der Waals surface area contributed by atoms with Gasteiger partial charge in [0.2, 0.25) is 0 Å². The fourth-order valence-corrected chi connectivity index (χ4v) is 8.69. The number of likely N-dealkylation sites (N-methyl/N-ethyl adjacent to an activating group) is 1. The number of hydrogen-bond acceptors (Lipinski definition) is 2. The average Bonchev–Trinajstić information content (AvgIpc) is 2.88. The van der Waals surface area contributed by atoms with Crippen molar-refractivity contribution in [2.24, 2.45) is 0 Å². The Labute approximate surface area is 192 Å². The molecule has 0 aliphatic heterocycles. The molecule has 1 N–H and O–H groups in total. The Morgan fingerprint density at radius 3 is 1.44 bits per heavy atom. The van der Waals surface area contributed by atoms with Gasteiger partial charge >= 0.3 is 0 Å². The number of anilines is 1. The summed E-state index contributed by atoms with van der Waals surface area (Å²) in [5, 5.41) is 13.6. The molecule has 0 bridgehead atoms. The molecule has 0 aromatic heterocycles. The molecule has 4 rings (SSSR count). The van der Waals surface area contributed by atoms with Gasteiger partial charge in [0.15, 0.2) is 0 Å². The van der Waals surface area contributed by atoms with Crippen LogP contribution in [0.25, 0.3) is 0 Å². The summed E-state index contributed by atoms with van der Waals surface area (Å²) in [6, 6.07) is 41.9. The molecule has 0 aliphatic rings. The zero-order chi connectivity index (χ0) is 22.2. The molecule has 162 valence electrons. The molecule has 0 heterocycles. The van der Waals surface area contributed by atoms with E-state index in [9.17, 15) is 5.11 Å². The van der Waals surface area contributed by atoms with Gasteiger partial charge in [-0.3, -0.25) is 0 Å². The molecule has 0 spiro atoms. The van der Waals surface area contributed by atoms with Crippen LogP contribution in [0.2, 0.25) is 0 Å². The van der Waals surface area contributed by atoms with Crippen molar-refractivity contribution in [3.05, 3.63) is 121 Å². The first kappa shape index (κ1) is 22.3. The second-order valence-corrected chi connectivity index (χ2v) is 11.4. The number of rotatable bonds is 9. The van der Waals surface area contributed by atoms with Crippen molar-refractivity contribution >= 4 is 28.9 Å². The Bertz CT molecular complexity index is 986. The van der Waals surface area contributed by atoms with Crippen LogP contribution in [0.15, 0.2) is 115 Å². The highest BCUT2D eigenvalue weighted by Gasteiger charge is 2.45. The maximum absolute atomic E-state index is 9.38. The van der Waals surface area contributed by atoms with Gasteiger partial charge in [0.1, 0.15) is 23.2 Å². The van der Waals surface area contributed by atoms with Gasteiger partial charge in [0, 0.05) is 18.8 Å². The van der Waals surface area contributed by atoms with Gasteiger partial charge in [-0.15, -0.1) is 0 Å². The first-order chi connectivity index (χ1) is 15.8. The number of nitrogens with zero attached hydrogens (tertiary/aromatic N) is 1. The lowest BCUT2D eigenvalue weighted by Crippen LogP contribution is -2.32. The Balaban J connectivity index is 1.83. The maximum Gasteiger partial charge on any atom is 0.116 e. The lowest BCUT2D eigenvalue weighted by molar-refractivity contribution is 0.302. The first-order valence-electron chi connectivity index (χ1n) is 11.3. The standard InChI is InChI=1S/C29H31NOP/c1-2-30(22-23-31)26-20-18-25(19-21-26)24-32(27-12-6-3-7-13-27,28-14-8-4-9-15-28)29-16-10-5-11-17-29/h3-21,31H,2,22-24H2,1H3/q+1. The lowest BCUT2D eigenvalue weighted by Gasteiger charge is -2.28. The topological polar surface area (TPSA) is 23.5 Å². The van der Waals surface area contributed by atoms with E-state index in [0.29, 0.717) is 6.54 Å². The summed E-state index contributed by atoms with van der Waals surface area (Å²) in [7, 11) is -1.89. The maximum atomic E-state index is 9.38. The third-order valence-electron chi connectivity index (χ3n) is 6.06. The fraction of sp³-hybridized carbons (Fsp3) is 0.172. The molecular weight excluding hydrogens is 409 g/mol. The Hall–Kier alpha value is -2.93. The molecular formula is C29H31NOP+. The summed E-state index contributed by atoms with van der Waals surface area (Å²) in [5.74, 6) is 0. The van der Waals surface area contributed by atoms with Crippen LogP contribution in [0.1, 0.15) is 12.5 Å². The van der Waals surface area contributed by atoms with Crippen molar-refractivity contribution in [2.75, 3.05) is 24.6 Å². The van der Waals surface area contributed by atoms with E-state index < -0.39 is 7.26 Å². The number of aliphatic hydroxyl groups excluding tert-OH is 1. The minimum atomic E-state index is -1.89. The molecule has 0 saturated heterocycles. The van der Waals surface area contributed by atoms with Crippen molar-refractivity contribution in [1.82, 2.24) is 0 Å². The van der Waals surface area contributed by atoms with Crippen molar-refractivity contribution in [2.45, 2.75) is 13.1 Å². The normalized spacial score (nSPS) is 11.3. The Morgan fingerprint density at radius 2 is 1.06 bits per heavy atom. The van der Waals surface area contributed by atoms with E-state index >= 15 is 0 Å². The minimum absolute atomic E-state index is 0.167. The molecule has 0 amide bonds. The smallest absolute Gasteiger partial charge is 0.116 e. The molecule has 4 aromatic carbocycles. The van der Waals surface area contributed by atoms with Crippen molar-refractivity contribution in [3.8, 4) is 0 Å². The quantitative estimate of drug-likeness (QED) is 0.370. The highest BCUT2D eigenvalue weighted by Crippen LogP contribution is 2.58. The van der Waals surface area contributed by atoms with Crippen LogP contribution in [0.5, 0.6) is 0 Å². The SMILES string of the molecule is CCN(CCO)c1ccc(C[P+](c2ccccc2)(c2ccccc2)c2ccccc2)cc1. The van der Waals surface area contributed by atoms with E-state index in [1.165, 1.54) is 21.5 Å². The van der Waals surface area contributed by atoms with Crippen LogP contribution in [0.4, 0.5) is 5.69 Å². The van der Waals surface area contributed by atoms with E-state index in [1.807, 2.05) is 0 Å². The van der Waals surface area contributed by atoms with Gasteiger partial charge in [-0.25, -0.2) is 0 Å². The van der Waals surface area contributed by atoms with Crippen LogP contribution >= 0.6 is 7.26 Å². The van der Waals surface area contributed by atoms with Crippen LogP contribution in [-0.2, 0) is 6.16 Å². The van der Waals surface area contributed by atoms with Crippen LogP contribution in [0, 0.1) is 0 Å². The van der Waals surface area contributed by atoms with Gasteiger partial charge in [-0.05, 0) is 61.0 Å². The molecule has 0 atom stereocenters.